The molecule has 0 aliphatic carbocycles. The number of hydrogen-bond donors (Lipinski definition) is 1. The molecule has 1 fully saturated rings. The van der Waals surface area contributed by atoms with Gasteiger partial charge in [-0.1, -0.05) is 12.1 Å². The van der Waals surface area contributed by atoms with Crippen LogP contribution in [-0.2, 0) is 0 Å². The number of nitrogens with zero attached hydrogens (tertiary/aromatic N) is 3. The van der Waals surface area contributed by atoms with E-state index in [1.165, 1.54) is 0 Å². The first-order valence-electron chi connectivity index (χ1n) is 7.20. The summed E-state index contributed by atoms with van der Waals surface area (Å²) in [6.45, 7) is -1.31. The quantitative estimate of drug-likeness (QED) is 0.444. The molecule has 8 heteroatoms. The van der Waals surface area contributed by atoms with Gasteiger partial charge in [-0.25, -0.2) is 0 Å². The van der Waals surface area contributed by atoms with Crippen molar-refractivity contribution in [2.75, 3.05) is 39.1 Å². The van der Waals surface area contributed by atoms with Gasteiger partial charge in [-0.15, -0.1) is 24.0 Å². The van der Waals surface area contributed by atoms with Crippen LogP contribution < -0.4 is 15.0 Å². The summed E-state index contributed by atoms with van der Waals surface area (Å²) in [7, 11) is 5.59. The van der Waals surface area contributed by atoms with Crippen molar-refractivity contribution in [3.05, 3.63) is 24.3 Å². The van der Waals surface area contributed by atoms with E-state index < -0.39 is 6.61 Å². The molecule has 1 aromatic carbocycles. The molecule has 0 bridgehead atoms. The zero-order valence-corrected chi connectivity index (χ0v) is 15.8. The molecule has 23 heavy (non-hydrogen) atoms. The number of rotatable bonds is 4. The summed E-state index contributed by atoms with van der Waals surface area (Å²) in [6.07, 6.45) is 0.913. The van der Waals surface area contributed by atoms with Crippen LogP contribution in [-0.4, -0.2) is 57.7 Å². The van der Waals surface area contributed by atoms with Gasteiger partial charge in [0.05, 0.1) is 5.69 Å². The van der Waals surface area contributed by atoms with E-state index in [9.17, 15) is 8.78 Å². The maximum Gasteiger partial charge on any atom is 0.387 e. The van der Waals surface area contributed by atoms with Gasteiger partial charge in [-0.05, 0) is 18.6 Å². The molecule has 130 valence electrons. The summed E-state index contributed by atoms with van der Waals surface area (Å²) < 4.78 is 29.6. The van der Waals surface area contributed by atoms with Crippen molar-refractivity contribution in [3.63, 3.8) is 0 Å². The monoisotopic (exact) mass is 440 g/mol. The van der Waals surface area contributed by atoms with Crippen LogP contribution in [0.25, 0.3) is 0 Å². The van der Waals surface area contributed by atoms with Crippen molar-refractivity contribution < 1.29 is 13.5 Å². The molecule has 1 unspecified atom stereocenters. The largest absolute Gasteiger partial charge is 0.433 e. The minimum Gasteiger partial charge on any atom is -0.433 e. The third kappa shape index (κ3) is 5.36. The Hall–Kier alpha value is -1.32. The van der Waals surface area contributed by atoms with Crippen molar-refractivity contribution in [2.24, 2.45) is 4.99 Å². The Kier molecular flexibility index (Phi) is 7.80. The van der Waals surface area contributed by atoms with Crippen LogP contribution in [0.4, 0.5) is 14.5 Å². The summed E-state index contributed by atoms with van der Waals surface area (Å²) in [5.74, 6) is 1.03. The first kappa shape index (κ1) is 19.7. The lowest BCUT2D eigenvalue weighted by molar-refractivity contribution is -0.0495. The lowest BCUT2D eigenvalue weighted by Gasteiger charge is -2.24. The van der Waals surface area contributed by atoms with Crippen molar-refractivity contribution in [3.8, 4) is 5.75 Å². The topological polar surface area (TPSA) is 40.1 Å². The molecular weight excluding hydrogens is 417 g/mol. The Morgan fingerprint density at radius 3 is 2.70 bits per heavy atom. The molecule has 1 aliphatic rings. The third-order valence-corrected chi connectivity index (χ3v) is 3.58. The van der Waals surface area contributed by atoms with E-state index >= 15 is 0 Å². The number of guanidine groups is 1. The molecule has 1 N–H and O–H groups in total. The molecule has 0 amide bonds. The van der Waals surface area contributed by atoms with E-state index in [1.807, 2.05) is 25.1 Å². The number of aliphatic imine (C=N–C) groups is 1. The molecule has 0 aromatic heterocycles. The van der Waals surface area contributed by atoms with Crippen molar-refractivity contribution in [1.29, 1.82) is 0 Å². The predicted octanol–water partition coefficient (Wildman–Crippen LogP) is 2.62. The molecular formula is C15H23F2IN4O. The van der Waals surface area contributed by atoms with Crippen LogP contribution in [0.3, 0.4) is 0 Å². The molecule has 1 saturated heterocycles. The van der Waals surface area contributed by atoms with E-state index in [2.05, 4.69) is 19.9 Å². The van der Waals surface area contributed by atoms with Gasteiger partial charge in [0.2, 0.25) is 0 Å². The Morgan fingerprint density at radius 2 is 2.09 bits per heavy atom. The highest BCUT2D eigenvalue weighted by Gasteiger charge is 2.26. The summed E-state index contributed by atoms with van der Waals surface area (Å²) in [4.78, 5) is 8.16. The summed E-state index contributed by atoms with van der Waals surface area (Å²) >= 11 is 0. The number of benzene rings is 1. The summed E-state index contributed by atoms with van der Waals surface area (Å²) in [6, 6.07) is 7.12. The van der Waals surface area contributed by atoms with Crippen molar-refractivity contribution in [2.45, 2.75) is 19.1 Å². The highest BCUT2D eigenvalue weighted by Crippen LogP contribution is 2.31. The Bertz CT molecular complexity index is 528. The van der Waals surface area contributed by atoms with E-state index in [4.69, 9.17) is 0 Å². The number of alkyl halides is 2. The summed E-state index contributed by atoms with van der Waals surface area (Å²) in [5.41, 5.74) is 0.701. The number of halogens is 3. The van der Waals surface area contributed by atoms with E-state index in [0.29, 0.717) is 5.69 Å². The normalized spacial score (nSPS) is 17.9. The SMILES string of the molecule is CN=C(NC1CCN(c2ccccc2OC(F)F)C1)N(C)C.I. The molecule has 1 aliphatic heterocycles. The zero-order valence-electron chi connectivity index (χ0n) is 13.5. The average Bonchev–Trinajstić information content (AvgIpc) is 2.92. The second-order valence-corrected chi connectivity index (χ2v) is 5.36. The van der Waals surface area contributed by atoms with Gasteiger partial charge < -0.3 is 19.9 Å². The fourth-order valence-corrected chi connectivity index (χ4v) is 2.59. The van der Waals surface area contributed by atoms with Crippen LogP contribution in [0.1, 0.15) is 6.42 Å². The molecule has 0 spiro atoms. The molecule has 2 rings (SSSR count). The molecule has 1 heterocycles. The average molecular weight is 440 g/mol. The predicted molar refractivity (Wildman–Crippen MR) is 99.3 cm³/mol. The molecule has 5 nitrogen and oxygen atoms in total. The first-order valence-corrected chi connectivity index (χ1v) is 7.20. The highest BCUT2D eigenvalue weighted by atomic mass is 127. The lowest BCUT2D eigenvalue weighted by atomic mass is 10.2. The van der Waals surface area contributed by atoms with Crippen LogP contribution in [0.15, 0.2) is 29.3 Å². The van der Waals surface area contributed by atoms with Crippen LogP contribution in [0.2, 0.25) is 0 Å². The molecule has 1 aromatic rings. The standard InChI is InChI=1S/C15H22F2N4O.HI/c1-18-15(20(2)3)19-11-8-9-21(10-11)12-6-4-5-7-13(12)22-14(16)17;/h4-7,11,14H,8-10H2,1-3H3,(H,18,19);1H. The van der Waals surface area contributed by atoms with Gasteiger partial charge in [0, 0.05) is 40.3 Å². The van der Waals surface area contributed by atoms with Gasteiger partial charge in [0.15, 0.2) is 5.96 Å². The Balaban J connectivity index is 0.00000264. The van der Waals surface area contributed by atoms with Crippen LogP contribution >= 0.6 is 24.0 Å². The van der Waals surface area contributed by atoms with Crippen molar-refractivity contribution in [1.82, 2.24) is 10.2 Å². The van der Waals surface area contributed by atoms with Crippen LogP contribution in [0.5, 0.6) is 5.75 Å². The Morgan fingerprint density at radius 1 is 1.39 bits per heavy atom. The first-order chi connectivity index (χ1) is 10.5. The second-order valence-electron chi connectivity index (χ2n) is 5.36. The lowest BCUT2D eigenvalue weighted by Crippen LogP contribution is -2.43. The fourth-order valence-electron chi connectivity index (χ4n) is 2.59. The number of nitrogens with one attached hydrogen (secondary N) is 1. The van der Waals surface area contributed by atoms with Crippen molar-refractivity contribution >= 4 is 35.6 Å². The minimum absolute atomic E-state index is 0. The van der Waals surface area contributed by atoms with Crippen LogP contribution in [0, 0.1) is 0 Å². The second kappa shape index (κ2) is 9.09. The number of hydrogen-bond acceptors (Lipinski definition) is 3. The van der Waals surface area contributed by atoms with Gasteiger partial charge >= 0.3 is 6.61 Å². The molecule has 1 atom stereocenters. The fraction of sp³-hybridized carbons (Fsp3) is 0.533. The maximum absolute atomic E-state index is 12.5. The smallest absolute Gasteiger partial charge is 0.387 e. The third-order valence-electron chi connectivity index (χ3n) is 3.58. The van der Waals surface area contributed by atoms with E-state index in [1.54, 1.807) is 25.2 Å². The number of para-hydroxylation sites is 2. The van der Waals surface area contributed by atoms with Gasteiger partial charge in [0.1, 0.15) is 5.75 Å². The number of ether oxygens (including phenoxy) is 1. The minimum atomic E-state index is -2.81. The summed E-state index contributed by atoms with van der Waals surface area (Å²) in [5, 5.41) is 3.37. The Labute approximate surface area is 152 Å². The van der Waals surface area contributed by atoms with E-state index in [0.717, 1.165) is 25.5 Å². The van der Waals surface area contributed by atoms with E-state index in [-0.39, 0.29) is 35.8 Å². The molecule has 0 radical (unpaired) electrons. The number of anilines is 1. The highest BCUT2D eigenvalue weighted by molar-refractivity contribution is 14.0. The van der Waals surface area contributed by atoms with Gasteiger partial charge in [0.25, 0.3) is 0 Å². The molecule has 0 saturated carbocycles. The van der Waals surface area contributed by atoms with Gasteiger partial charge in [-0.2, -0.15) is 8.78 Å². The maximum atomic E-state index is 12.5. The zero-order chi connectivity index (χ0) is 16.1. The van der Waals surface area contributed by atoms with Gasteiger partial charge in [-0.3, -0.25) is 4.99 Å².